The Morgan fingerprint density at radius 2 is 2.16 bits per heavy atom. The maximum Gasteiger partial charge on any atom is 0.264 e. The number of benzene rings is 1. The second kappa shape index (κ2) is 4.62. The third-order valence-corrected chi connectivity index (χ3v) is 4.60. The van der Waals surface area contributed by atoms with E-state index in [4.69, 9.17) is 0 Å². The van der Waals surface area contributed by atoms with Gasteiger partial charge in [0.05, 0.1) is 4.88 Å². The van der Waals surface area contributed by atoms with E-state index in [1.54, 1.807) is 11.3 Å². The Morgan fingerprint density at radius 1 is 1.37 bits per heavy atom. The van der Waals surface area contributed by atoms with Gasteiger partial charge < -0.3 is 10.2 Å². The minimum Gasteiger partial charge on any atom is -0.335 e. The lowest BCUT2D eigenvalue weighted by atomic mass is 10.0. The summed E-state index contributed by atoms with van der Waals surface area (Å²) in [6.45, 7) is 6.69. The van der Waals surface area contributed by atoms with Crippen LogP contribution in [0.4, 0.5) is 0 Å². The van der Waals surface area contributed by atoms with Crippen molar-refractivity contribution in [3.8, 4) is 0 Å². The van der Waals surface area contributed by atoms with Crippen molar-refractivity contribution in [1.82, 2.24) is 10.2 Å². The van der Waals surface area contributed by atoms with Gasteiger partial charge >= 0.3 is 0 Å². The number of fused-ring (bicyclic) bond motifs is 1. The lowest BCUT2D eigenvalue weighted by Gasteiger charge is -2.38. The van der Waals surface area contributed by atoms with Crippen molar-refractivity contribution in [2.24, 2.45) is 0 Å². The van der Waals surface area contributed by atoms with E-state index in [0.717, 1.165) is 29.9 Å². The summed E-state index contributed by atoms with van der Waals surface area (Å²) < 4.78 is 1.18. The van der Waals surface area contributed by atoms with Gasteiger partial charge in [0.25, 0.3) is 5.91 Å². The Bertz CT molecular complexity index is 584. The lowest BCUT2D eigenvalue weighted by Crippen LogP contribution is -2.58. The zero-order valence-electron chi connectivity index (χ0n) is 11.3. The van der Waals surface area contributed by atoms with E-state index < -0.39 is 0 Å². The van der Waals surface area contributed by atoms with Gasteiger partial charge in [-0.15, -0.1) is 11.3 Å². The number of nitrogens with one attached hydrogen (secondary N) is 1. The van der Waals surface area contributed by atoms with E-state index in [1.165, 1.54) is 4.70 Å². The molecule has 0 saturated carbocycles. The van der Waals surface area contributed by atoms with Crippen molar-refractivity contribution in [3.05, 3.63) is 35.2 Å². The van der Waals surface area contributed by atoms with Crippen molar-refractivity contribution < 1.29 is 4.79 Å². The molecule has 1 saturated heterocycles. The first-order valence-corrected chi connectivity index (χ1v) is 7.40. The Labute approximate surface area is 117 Å². The van der Waals surface area contributed by atoms with Crippen LogP contribution in [-0.4, -0.2) is 36.0 Å². The monoisotopic (exact) mass is 274 g/mol. The van der Waals surface area contributed by atoms with Crippen LogP contribution < -0.4 is 5.32 Å². The molecule has 0 spiro atoms. The Hall–Kier alpha value is -1.39. The molecule has 1 amide bonds. The SMILES string of the molecule is CC1(C)CN(C(=O)c2cc3ccccc3s2)CCN1. The van der Waals surface area contributed by atoms with Gasteiger partial charge in [-0.05, 0) is 31.4 Å². The van der Waals surface area contributed by atoms with Crippen molar-refractivity contribution in [1.29, 1.82) is 0 Å². The smallest absolute Gasteiger partial charge is 0.264 e. The topological polar surface area (TPSA) is 32.3 Å². The molecule has 0 aliphatic carbocycles. The van der Waals surface area contributed by atoms with Gasteiger partial charge in [0.15, 0.2) is 0 Å². The van der Waals surface area contributed by atoms with E-state index in [2.05, 4.69) is 31.3 Å². The summed E-state index contributed by atoms with van der Waals surface area (Å²) in [5.41, 5.74) is 0.00456. The molecule has 2 heterocycles. The van der Waals surface area contributed by atoms with Crippen LogP contribution in [-0.2, 0) is 0 Å². The van der Waals surface area contributed by atoms with Crippen LogP contribution in [0.3, 0.4) is 0 Å². The van der Waals surface area contributed by atoms with Gasteiger partial charge in [-0.1, -0.05) is 18.2 Å². The molecule has 4 heteroatoms. The van der Waals surface area contributed by atoms with Crippen molar-refractivity contribution in [2.45, 2.75) is 19.4 Å². The summed E-state index contributed by atoms with van der Waals surface area (Å²) in [4.78, 5) is 15.4. The number of carbonyl (C=O) groups excluding carboxylic acids is 1. The molecule has 1 aliphatic heterocycles. The highest BCUT2D eigenvalue weighted by molar-refractivity contribution is 7.20. The molecule has 100 valence electrons. The standard InChI is InChI=1S/C15H18N2OS/c1-15(2)10-17(8-7-16-15)14(18)13-9-11-5-3-4-6-12(11)19-13/h3-6,9,16H,7-8,10H2,1-2H3. The second-order valence-corrected chi connectivity index (χ2v) is 6.77. The number of nitrogens with zero attached hydrogens (tertiary/aromatic N) is 1. The van der Waals surface area contributed by atoms with Gasteiger partial charge in [0.1, 0.15) is 0 Å². The molecular formula is C15H18N2OS. The van der Waals surface area contributed by atoms with Crippen LogP contribution in [0.5, 0.6) is 0 Å². The van der Waals surface area contributed by atoms with Gasteiger partial charge in [-0.3, -0.25) is 4.79 Å². The molecule has 1 aromatic carbocycles. The van der Waals surface area contributed by atoms with Crippen LogP contribution >= 0.6 is 11.3 Å². The molecule has 19 heavy (non-hydrogen) atoms. The van der Waals surface area contributed by atoms with Crippen molar-refractivity contribution in [2.75, 3.05) is 19.6 Å². The van der Waals surface area contributed by atoms with Crippen LogP contribution in [0.25, 0.3) is 10.1 Å². The molecule has 1 aromatic heterocycles. The number of amides is 1. The molecule has 0 unspecified atom stereocenters. The zero-order chi connectivity index (χ0) is 13.5. The van der Waals surface area contributed by atoms with Gasteiger partial charge in [0, 0.05) is 29.9 Å². The maximum atomic E-state index is 12.6. The van der Waals surface area contributed by atoms with Crippen LogP contribution in [0.1, 0.15) is 23.5 Å². The van der Waals surface area contributed by atoms with E-state index in [1.807, 2.05) is 23.1 Å². The minimum atomic E-state index is 0.00456. The van der Waals surface area contributed by atoms with Gasteiger partial charge in [-0.2, -0.15) is 0 Å². The summed E-state index contributed by atoms with van der Waals surface area (Å²) in [6, 6.07) is 10.2. The molecule has 1 aliphatic rings. The first kappa shape index (κ1) is 12.6. The summed E-state index contributed by atoms with van der Waals surface area (Å²) in [5.74, 6) is 0.163. The molecule has 2 aromatic rings. The van der Waals surface area contributed by atoms with Crippen molar-refractivity contribution in [3.63, 3.8) is 0 Å². The van der Waals surface area contributed by atoms with Gasteiger partial charge in [0.2, 0.25) is 0 Å². The summed E-state index contributed by atoms with van der Waals surface area (Å²) >= 11 is 1.59. The van der Waals surface area contributed by atoms with E-state index in [-0.39, 0.29) is 11.4 Å². The Morgan fingerprint density at radius 3 is 2.89 bits per heavy atom. The fraction of sp³-hybridized carbons (Fsp3) is 0.400. The molecular weight excluding hydrogens is 256 g/mol. The molecule has 0 atom stereocenters. The molecule has 3 rings (SSSR count). The Kier molecular flexibility index (Phi) is 3.07. The predicted molar refractivity (Wildman–Crippen MR) is 79.8 cm³/mol. The number of piperazine rings is 1. The summed E-state index contributed by atoms with van der Waals surface area (Å²) in [6.07, 6.45) is 0. The Balaban J connectivity index is 1.87. The summed E-state index contributed by atoms with van der Waals surface area (Å²) in [7, 11) is 0. The quantitative estimate of drug-likeness (QED) is 0.867. The minimum absolute atomic E-state index is 0.00456. The van der Waals surface area contributed by atoms with Crippen LogP contribution in [0.2, 0.25) is 0 Å². The third kappa shape index (κ3) is 2.51. The number of rotatable bonds is 1. The highest BCUT2D eigenvalue weighted by atomic mass is 32.1. The molecule has 1 N–H and O–H groups in total. The van der Waals surface area contributed by atoms with Gasteiger partial charge in [-0.25, -0.2) is 0 Å². The van der Waals surface area contributed by atoms with E-state index in [0.29, 0.717) is 0 Å². The fourth-order valence-corrected chi connectivity index (χ4v) is 3.59. The first-order valence-electron chi connectivity index (χ1n) is 6.58. The number of carbonyl (C=O) groups is 1. The van der Waals surface area contributed by atoms with E-state index >= 15 is 0 Å². The van der Waals surface area contributed by atoms with E-state index in [9.17, 15) is 4.79 Å². The average Bonchev–Trinajstić information content (AvgIpc) is 2.80. The molecule has 0 radical (unpaired) electrons. The molecule has 0 bridgehead atoms. The fourth-order valence-electron chi connectivity index (χ4n) is 2.56. The van der Waals surface area contributed by atoms with Crippen LogP contribution in [0, 0.1) is 0 Å². The average molecular weight is 274 g/mol. The third-order valence-electron chi connectivity index (χ3n) is 3.49. The predicted octanol–water partition coefficient (Wildman–Crippen LogP) is 2.73. The number of hydrogen-bond acceptors (Lipinski definition) is 3. The highest BCUT2D eigenvalue weighted by Gasteiger charge is 2.29. The number of hydrogen-bond donors (Lipinski definition) is 1. The molecule has 3 nitrogen and oxygen atoms in total. The zero-order valence-corrected chi connectivity index (χ0v) is 12.1. The maximum absolute atomic E-state index is 12.6. The second-order valence-electron chi connectivity index (χ2n) is 5.69. The largest absolute Gasteiger partial charge is 0.335 e. The highest BCUT2D eigenvalue weighted by Crippen LogP contribution is 2.27. The number of thiophene rings is 1. The normalized spacial score (nSPS) is 18.7. The lowest BCUT2D eigenvalue weighted by molar-refractivity contribution is 0.0657. The summed E-state index contributed by atoms with van der Waals surface area (Å²) in [5, 5.41) is 4.59. The first-order chi connectivity index (χ1) is 9.05. The van der Waals surface area contributed by atoms with Crippen LogP contribution in [0.15, 0.2) is 30.3 Å². The molecule has 1 fully saturated rings. The van der Waals surface area contributed by atoms with Crippen molar-refractivity contribution >= 4 is 27.3 Å².